The maximum atomic E-state index is 11.8. The van der Waals surface area contributed by atoms with E-state index < -0.39 is 18.2 Å². The molecule has 8 nitrogen and oxygen atoms in total. The highest BCUT2D eigenvalue weighted by Crippen LogP contribution is 2.46. The van der Waals surface area contributed by atoms with Crippen LogP contribution in [0.1, 0.15) is 55.3 Å². The van der Waals surface area contributed by atoms with Crippen LogP contribution in [0.5, 0.6) is 11.5 Å². The van der Waals surface area contributed by atoms with Crippen molar-refractivity contribution in [1.29, 1.82) is 0 Å². The molecule has 9 heteroatoms. The lowest BCUT2D eigenvalue weighted by Gasteiger charge is -2.24. The first kappa shape index (κ1) is 23.1. The highest BCUT2D eigenvalue weighted by atomic mass is 35.5. The van der Waals surface area contributed by atoms with E-state index in [0.717, 1.165) is 17.1 Å². The average Bonchev–Trinajstić information content (AvgIpc) is 3.12. The largest absolute Gasteiger partial charge is 0.493 e. The number of carboxylic acids is 1. The Balaban J connectivity index is 1.99. The summed E-state index contributed by atoms with van der Waals surface area (Å²) in [6.07, 6.45) is -1.13. The van der Waals surface area contributed by atoms with Gasteiger partial charge in [-0.25, -0.2) is 0 Å². The van der Waals surface area contributed by atoms with Gasteiger partial charge in [-0.2, -0.15) is 0 Å². The van der Waals surface area contributed by atoms with E-state index in [1.54, 1.807) is 26.4 Å². The maximum absolute atomic E-state index is 11.8. The molecule has 0 fully saturated rings. The summed E-state index contributed by atoms with van der Waals surface area (Å²) >= 11 is 6.41. The smallest absolute Gasteiger partial charge is 0.306 e. The van der Waals surface area contributed by atoms with Crippen LogP contribution in [0.2, 0.25) is 5.02 Å². The van der Waals surface area contributed by atoms with E-state index in [-0.39, 0.29) is 6.42 Å². The first-order valence-corrected chi connectivity index (χ1v) is 11.0. The summed E-state index contributed by atoms with van der Waals surface area (Å²) in [5, 5.41) is 18.9. The number of halogens is 1. The van der Waals surface area contributed by atoms with Crippen LogP contribution in [-0.2, 0) is 16.0 Å². The Morgan fingerprint density at radius 2 is 1.97 bits per heavy atom. The Bertz CT molecular complexity index is 1180. The third kappa shape index (κ3) is 4.41. The quantitative estimate of drug-likeness (QED) is 0.530. The Kier molecular flexibility index (Phi) is 6.58. The molecule has 2 unspecified atom stereocenters. The van der Waals surface area contributed by atoms with Crippen molar-refractivity contribution in [2.45, 2.75) is 38.9 Å². The zero-order valence-electron chi connectivity index (χ0n) is 18.9. The molecule has 174 valence electrons. The number of carbonyl (C=O) groups is 1. The molecule has 0 saturated heterocycles. The molecule has 0 saturated carbocycles. The van der Waals surface area contributed by atoms with Gasteiger partial charge in [-0.05, 0) is 30.2 Å². The number of fused-ring (bicyclic) bond motifs is 3. The number of benzene rings is 2. The van der Waals surface area contributed by atoms with Gasteiger partial charge in [-0.1, -0.05) is 37.6 Å². The normalized spacial score (nSPS) is 17.3. The molecule has 2 aromatic carbocycles. The zero-order chi connectivity index (χ0) is 23.7. The number of aromatic nitrogens is 3. The van der Waals surface area contributed by atoms with Crippen LogP contribution >= 0.6 is 11.6 Å². The monoisotopic (exact) mass is 471 g/mol. The van der Waals surface area contributed by atoms with Crippen molar-refractivity contribution in [3.63, 3.8) is 0 Å². The summed E-state index contributed by atoms with van der Waals surface area (Å²) < 4.78 is 19.5. The van der Waals surface area contributed by atoms with Crippen LogP contribution in [0.15, 0.2) is 36.4 Å². The van der Waals surface area contributed by atoms with E-state index in [4.69, 9.17) is 25.8 Å². The van der Waals surface area contributed by atoms with Gasteiger partial charge in [-0.15, -0.1) is 10.2 Å². The zero-order valence-corrected chi connectivity index (χ0v) is 19.7. The van der Waals surface area contributed by atoms with Gasteiger partial charge in [0.15, 0.2) is 17.3 Å². The maximum Gasteiger partial charge on any atom is 0.306 e. The van der Waals surface area contributed by atoms with Crippen molar-refractivity contribution >= 4 is 17.6 Å². The Labute approximate surface area is 197 Å². The average molecular weight is 472 g/mol. The van der Waals surface area contributed by atoms with Crippen molar-refractivity contribution in [2.24, 2.45) is 5.92 Å². The lowest BCUT2D eigenvalue weighted by Crippen LogP contribution is -2.16. The number of nitrogens with zero attached hydrogens (tertiary/aromatic N) is 3. The molecule has 3 aromatic rings. The minimum absolute atomic E-state index is 0.273. The second-order valence-electron chi connectivity index (χ2n) is 8.30. The Morgan fingerprint density at radius 3 is 2.64 bits per heavy atom. The fourth-order valence-corrected chi connectivity index (χ4v) is 4.37. The molecule has 1 N–H and O–H groups in total. The van der Waals surface area contributed by atoms with Crippen LogP contribution < -0.4 is 9.47 Å². The molecule has 33 heavy (non-hydrogen) atoms. The topological polar surface area (TPSA) is 95.7 Å². The summed E-state index contributed by atoms with van der Waals surface area (Å²) in [6, 6.07) is 11.0. The SMILES string of the molecule is COc1cccc(C2OC(CC(=O)O)c3nnc(CC(C)C)n3-c3ccc(Cl)cc32)c1OC. The number of hydrogen-bond donors (Lipinski definition) is 1. The number of carboxylic acid groups (broad SMARTS) is 1. The molecular formula is C24H26ClN3O5. The molecule has 0 spiro atoms. The van der Waals surface area contributed by atoms with Gasteiger partial charge >= 0.3 is 5.97 Å². The lowest BCUT2D eigenvalue weighted by molar-refractivity contribution is -0.141. The number of aliphatic carboxylic acids is 1. The number of rotatable bonds is 7. The van der Waals surface area contributed by atoms with Crippen LogP contribution in [0.4, 0.5) is 0 Å². The summed E-state index contributed by atoms with van der Waals surface area (Å²) in [5.41, 5.74) is 2.24. The highest BCUT2D eigenvalue weighted by molar-refractivity contribution is 6.30. The predicted octanol–water partition coefficient (Wildman–Crippen LogP) is 4.77. The lowest BCUT2D eigenvalue weighted by atomic mass is 9.98. The third-order valence-corrected chi connectivity index (χ3v) is 5.76. The van der Waals surface area contributed by atoms with Gasteiger partial charge in [0.25, 0.3) is 0 Å². The van der Waals surface area contributed by atoms with E-state index in [2.05, 4.69) is 24.0 Å². The van der Waals surface area contributed by atoms with E-state index in [1.807, 2.05) is 28.8 Å². The van der Waals surface area contributed by atoms with Gasteiger partial charge in [0, 0.05) is 22.6 Å². The van der Waals surface area contributed by atoms with E-state index >= 15 is 0 Å². The van der Waals surface area contributed by atoms with E-state index in [9.17, 15) is 9.90 Å². The minimum atomic E-state index is -1.000. The second-order valence-corrected chi connectivity index (χ2v) is 8.73. The molecular weight excluding hydrogens is 446 g/mol. The number of methoxy groups -OCH3 is 2. The van der Waals surface area contributed by atoms with Gasteiger partial charge in [-0.3, -0.25) is 9.36 Å². The van der Waals surface area contributed by atoms with Crippen molar-refractivity contribution in [3.8, 4) is 17.2 Å². The fourth-order valence-electron chi connectivity index (χ4n) is 4.19. The van der Waals surface area contributed by atoms with Crippen LogP contribution in [-0.4, -0.2) is 40.1 Å². The molecule has 1 aliphatic heterocycles. The molecule has 1 aromatic heterocycles. The van der Waals surface area contributed by atoms with Gasteiger partial charge in [0.05, 0.1) is 26.3 Å². The number of ether oxygens (including phenoxy) is 3. The summed E-state index contributed by atoms with van der Waals surface area (Å²) in [6.45, 7) is 4.19. The minimum Gasteiger partial charge on any atom is -0.493 e. The first-order valence-electron chi connectivity index (χ1n) is 10.7. The van der Waals surface area contributed by atoms with Crippen LogP contribution in [0.25, 0.3) is 5.69 Å². The summed E-state index contributed by atoms with van der Waals surface area (Å²) in [7, 11) is 3.12. The van der Waals surface area contributed by atoms with E-state index in [0.29, 0.717) is 40.2 Å². The molecule has 1 aliphatic rings. The first-order chi connectivity index (χ1) is 15.8. The second kappa shape index (κ2) is 9.41. The Morgan fingerprint density at radius 1 is 1.18 bits per heavy atom. The van der Waals surface area contributed by atoms with Gasteiger partial charge in [0.1, 0.15) is 18.0 Å². The number of para-hydroxylation sites is 1. The molecule has 4 rings (SSSR count). The number of hydrogen-bond acceptors (Lipinski definition) is 6. The summed E-state index contributed by atoms with van der Waals surface area (Å²) in [5.74, 6) is 1.55. The molecule has 2 heterocycles. The van der Waals surface area contributed by atoms with Crippen molar-refractivity contribution in [1.82, 2.24) is 14.8 Å². The highest BCUT2D eigenvalue weighted by Gasteiger charge is 2.36. The van der Waals surface area contributed by atoms with Crippen LogP contribution in [0.3, 0.4) is 0 Å². The third-order valence-electron chi connectivity index (χ3n) is 5.52. The predicted molar refractivity (Wildman–Crippen MR) is 122 cm³/mol. The van der Waals surface area contributed by atoms with Crippen molar-refractivity contribution in [3.05, 3.63) is 64.2 Å². The van der Waals surface area contributed by atoms with Crippen molar-refractivity contribution in [2.75, 3.05) is 14.2 Å². The molecule has 0 aliphatic carbocycles. The molecule has 0 bridgehead atoms. The fraction of sp³-hybridized carbons (Fsp3) is 0.375. The Hall–Kier alpha value is -3.10. The molecule has 0 radical (unpaired) electrons. The van der Waals surface area contributed by atoms with Gasteiger partial charge in [0.2, 0.25) is 0 Å². The van der Waals surface area contributed by atoms with Crippen LogP contribution in [0, 0.1) is 5.92 Å². The van der Waals surface area contributed by atoms with E-state index in [1.165, 1.54) is 0 Å². The van der Waals surface area contributed by atoms with Gasteiger partial charge < -0.3 is 19.3 Å². The van der Waals surface area contributed by atoms with Crippen molar-refractivity contribution < 1.29 is 24.1 Å². The molecule has 2 atom stereocenters. The summed E-state index contributed by atoms with van der Waals surface area (Å²) in [4.78, 5) is 11.8. The molecule has 0 amide bonds. The standard InChI is InChI=1S/C24H26ClN3O5/c1-13(2)10-20-26-27-24-19(12-21(29)30)33-22(15-6-5-7-18(31-3)23(15)32-4)16-11-14(25)8-9-17(16)28(20)24/h5-9,11,13,19,22H,10,12H2,1-4H3,(H,29,30).